The number of fused-ring (bicyclic) bond motifs is 1. The maximum atomic E-state index is 14.3. The van der Waals surface area contributed by atoms with E-state index >= 15 is 0 Å². The Bertz CT molecular complexity index is 1720. The molecule has 1 fully saturated rings. The van der Waals surface area contributed by atoms with Gasteiger partial charge in [-0.3, -0.25) is 14.2 Å². The third-order valence-electron chi connectivity index (χ3n) is 7.85. The number of rotatable bonds is 10. The Morgan fingerprint density at radius 2 is 1.90 bits per heavy atom. The zero-order valence-corrected chi connectivity index (χ0v) is 24.6. The van der Waals surface area contributed by atoms with Gasteiger partial charge in [-0.05, 0) is 58.7 Å². The Labute approximate surface area is 240 Å². The van der Waals surface area contributed by atoms with Crippen LogP contribution < -0.4 is 11.2 Å². The normalized spacial score (nSPS) is 15.0. The predicted molar refractivity (Wildman–Crippen MR) is 153 cm³/mol. The van der Waals surface area contributed by atoms with Crippen LogP contribution in [0.4, 0.5) is 4.39 Å². The molecule has 1 aliphatic carbocycles. The molecule has 3 aromatic heterocycles. The van der Waals surface area contributed by atoms with Gasteiger partial charge in [0.2, 0.25) is 0 Å². The van der Waals surface area contributed by atoms with Crippen molar-refractivity contribution in [3.63, 3.8) is 0 Å². The van der Waals surface area contributed by atoms with Crippen LogP contribution in [0.1, 0.15) is 70.6 Å². The first kappa shape index (κ1) is 28.9. The average Bonchev–Trinajstić information content (AvgIpc) is 3.52. The van der Waals surface area contributed by atoms with Crippen molar-refractivity contribution in [1.29, 1.82) is 0 Å². The van der Waals surface area contributed by atoms with E-state index in [1.54, 1.807) is 34.6 Å². The van der Waals surface area contributed by atoms with E-state index in [0.29, 0.717) is 15.4 Å². The molecule has 3 heterocycles. The monoisotopic (exact) mass is 583 g/mol. The number of carbonyl (C=O) groups is 1. The van der Waals surface area contributed by atoms with Gasteiger partial charge in [0, 0.05) is 17.5 Å². The number of hydrogen-bond acceptors (Lipinski definition) is 8. The fourth-order valence-electron chi connectivity index (χ4n) is 5.33. The fraction of sp³-hybridized carbons (Fsp3) is 0.483. The summed E-state index contributed by atoms with van der Waals surface area (Å²) in [6, 6.07) is 3.54. The number of nitrogens with zero attached hydrogens (tertiary/aromatic N) is 5. The number of ketones is 1. The van der Waals surface area contributed by atoms with Crippen molar-refractivity contribution >= 4 is 27.3 Å². The molecule has 1 aliphatic rings. The lowest BCUT2D eigenvalue weighted by molar-refractivity contribution is -0.128. The molecule has 12 heteroatoms. The number of aryl methyl sites for hydroxylation is 1. The van der Waals surface area contributed by atoms with Crippen molar-refractivity contribution in [3.8, 4) is 10.8 Å². The molecule has 0 amide bonds. The van der Waals surface area contributed by atoms with Gasteiger partial charge in [0.25, 0.3) is 5.56 Å². The average molecular weight is 584 g/mol. The molecule has 1 atom stereocenters. The zero-order chi connectivity index (χ0) is 29.6. The van der Waals surface area contributed by atoms with E-state index in [2.05, 4.69) is 10.2 Å². The van der Waals surface area contributed by atoms with Crippen molar-refractivity contribution in [2.75, 3.05) is 0 Å². The first-order chi connectivity index (χ1) is 19.4. The molecule has 5 rings (SSSR count). The van der Waals surface area contributed by atoms with E-state index in [1.165, 1.54) is 33.9 Å². The van der Waals surface area contributed by atoms with E-state index in [9.17, 15) is 23.9 Å². The molecule has 0 aliphatic heterocycles. The van der Waals surface area contributed by atoms with Gasteiger partial charge < -0.3 is 9.84 Å². The molecule has 218 valence electrons. The minimum atomic E-state index is -1.42. The van der Waals surface area contributed by atoms with Crippen LogP contribution >= 0.6 is 11.3 Å². The molecule has 0 spiro atoms. The highest BCUT2D eigenvalue weighted by Crippen LogP contribution is 2.35. The topological polar surface area (TPSA) is 121 Å². The Morgan fingerprint density at radius 3 is 2.51 bits per heavy atom. The van der Waals surface area contributed by atoms with E-state index in [4.69, 9.17) is 4.74 Å². The zero-order valence-electron chi connectivity index (χ0n) is 23.8. The summed E-state index contributed by atoms with van der Waals surface area (Å²) >= 11 is 1.16. The molecule has 0 unspecified atom stereocenters. The summed E-state index contributed by atoms with van der Waals surface area (Å²) in [6.07, 6.45) is 5.00. The lowest BCUT2D eigenvalue weighted by atomic mass is 9.79. The lowest BCUT2D eigenvalue weighted by Gasteiger charge is -2.31. The second-order valence-electron chi connectivity index (χ2n) is 11.4. The van der Waals surface area contributed by atoms with Gasteiger partial charge in [0.15, 0.2) is 5.78 Å². The molecule has 10 nitrogen and oxygen atoms in total. The molecular formula is C29H34FN5O5S. The quantitative estimate of drug-likeness (QED) is 0.289. The van der Waals surface area contributed by atoms with Crippen molar-refractivity contribution < 1.29 is 19.0 Å². The molecular weight excluding hydrogens is 549 g/mol. The van der Waals surface area contributed by atoms with Gasteiger partial charge in [-0.25, -0.2) is 13.8 Å². The second kappa shape index (κ2) is 11.0. The van der Waals surface area contributed by atoms with Crippen molar-refractivity contribution in [1.82, 2.24) is 24.1 Å². The van der Waals surface area contributed by atoms with Crippen LogP contribution in [0.15, 0.2) is 40.2 Å². The molecule has 0 radical (unpaired) electrons. The third kappa shape index (κ3) is 5.26. The molecule has 0 bridgehead atoms. The number of Topliss-reactive ketones (excluding diaryl/α,β-unsaturated/α-hetero) is 1. The van der Waals surface area contributed by atoms with Crippen LogP contribution in [-0.4, -0.2) is 41.1 Å². The van der Waals surface area contributed by atoms with Crippen LogP contribution in [0.3, 0.4) is 0 Å². The number of benzene rings is 1. The number of ether oxygens (including phenoxy) is 1. The third-order valence-corrected chi connectivity index (χ3v) is 9.13. The van der Waals surface area contributed by atoms with Gasteiger partial charge in [-0.2, -0.15) is 10.2 Å². The van der Waals surface area contributed by atoms with Gasteiger partial charge in [-0.1, -0.05) is 30.6 Å². The first-order valence-corrected chi connectivity index (χ1v) is 14.5. The SMILES string of the molecule is Cc1c(-n2nccn2)sc2c1c(=O)n(C(C)(C)C(=O)CC1CCC1)c(=O)n2C[C@H](OC(C)C)c1cc(F)ccc1O. The summed E-state index contributed by atoms with van der Waals surface area (Å²) in [7, 11) is 0. The van der Waals surface area contributed by atoms with E-state index in [1.807, 2.05) is 0 Å². The number of phenolic OH excluding ortho intramolecular Hbond substituents is 1. The van der Waals surface area contributed by atoms with Crippen LogP contribution in [0.5, 0.6) is 5.75 Å². The van der Waals surface area contributed by atoms with Crippen molar-refractivity contribution in [2.45, 2.75) is 84.6 Å². The molecule has 1 aromatic carbocycles. The first-order valence-electron chi connectivity index (χ1n) is 13.7. The van der Waals surface area contributed by atoms with Crippen LogP contribution in [0.2, 0.25) is 0 Å². The second-order valence-corrected chi connectivity index (χ2v) is 12.4. The van der Waals surface area contributed by atoms with E-state index in [0.717, 1.165) is 41.2 Å². The fourth-order valence-corrected chi connectivity index (χ4v) is 6.55. The van der Waals surface area contributed by atoms with Crippen molar-refractivity contribution in [3.05, 3.63) is 68.4 Å². The molecule has 41 heavy (non-hydrogen) atoms. The van der Waals surface area contributed by atoms with E-state index < -0.39 is 28.7 Å². The van der Waals surface area contributed by atoms with Crippen LogP contribution in [-0.2, 0) is 21.6 Å². The Kier molecular flexibility index (Phi) is 7.73. The number of aromatic hydroxyl groups is 1. The van der Waals surface area contributed by atoms with Crippen LogP contribution in [0, 0.1) is 18.7 Å². The minimum Gasteiger partial charge on any atom is -0.508 e. The molecule has 4 aromatic rings. The van der Waals surface area contributed by atoms with Gasteiger partial charge in [0.05, 0.1) is 30.4 Å². The number of aromatic nitrogens is 5. The largest absolute Gasteiger partial charge is 0.508 e. The molecule has 0 saturated heterocycles. The predicted octanol–water partition coefficient (Wildman–Crippen LogP) is 4.62. The summed E-state index contributed by atoms with van der Waals surface area (Å²) in [5.74, 6) is -0.690. The highest BCUT2D eigenvalue weighted by Gasteiger charge is 2.37. The number of halogens is 1. The summed E-state index contributed by atoms with van der Waals surface area (Å²) in [5.41, 5.74) is -1.96. The van der Waals surface area contributed by atoms with Gasteiger partial charge >= 0.3 is 5.69 Å². The standard InChI is InChI=1S/C29H34FN5O5S/c1-16(2)40-22(20-14-19(30)9-10-21(20)36)15-33-27-24(17(3)26(41-27)35-31-11-12-32-35)25(38)34(28(33)39)29(4,5)23(37)13-18-7-6-8-18/h9-12,14,16,18,22,36H,6-8,13,15H2,1-5H3/t22-/m0/s1. The molecule has 1 N–H and O–H groups in total. The lowest BCUT2D eigenvalue weighted by Crippen LogP contribution is -2.53. The Balaban J connectivity index is 1.75. The summed E-state index contributed by atoms with van der Waals surface area (Å²) in [4.78, 5) is 43.6. The summed E-state index contributed by atoms with van der Waals surface area (Å²) < 4.78 is 22.8. The Hall–Kier alpha value is -3.64. The minimum absolute atomic E-state index is 0.149. The Morgan fingerprint density at radius 1 is 1.22 bits per heavy atom. The van der Waals surface area contributed by atoms with E-state index in [-0.39, 0.29) is 47.5 Å². The summed E-state index contributed by atoms with van der Waals surface area (Å²) in [5, 5.41) is 19.8. The smallest absolute Gasteiger partial charge is 0.333 e. The highest BCUT2D eigenvalue weighted by atomic mass is 32.1. The maximum absolute atomic E-state index is 14.3. The van der Waals surface area contributed by atoms with Crippen molar-refractivity contribution in [2.24, 2.45) is 5.92 Å². The van der Waals surface area contributed by atoms with Gasteiger partial charge in [0.1, 0.15) is 33.0 Å². The number of thiophene rings is 1. The maximum Gasteiger partial charge on any atom is 0.333 e. The van der Waals surface area contributed by atoms with Crippen LogP contribution in [0.25, 0.3) is 15.2 Å². The number of hydrogen-bond donors (Lipinski definition) is 1. The number of carbonyl (C=O) groups excluding carboxylic acids is 1. The van der Waals surface area contributed by atoms with Gasteiger partial charge in [-0.15, -0.1) is 4.80 Å². The number of phenols is 1. The highest BCUT2D eigenvalue weighted by molar-refractivity contribution is 7.21. The molecule has 1 saturated carbocycles. The summed E-state index contributed by atoms with van der Waals surface area (Å²) in [6.45, 7) is 8.39.